The smallest absolute Gasteiger partial charge is 0.251 e. The highest BCUT2D eigenvalue weighted by atomic mass is 16.1. The number of hydrogen-bond acceptors (Lipinski definition) is 2. The molecule has 2 aromatic rings. The molecule has 0 amide bonds. The van der Waals surface area contributed by atoms with Crippen molar-refractivity contribution in [1.29, 1.82) is 0 Å². The van der Waals surface area contributed by atoms with Crippen molar-refractivity contribution in [1.82, 2.24) is 9.88 Å². The van der Waals surface area contributed by atoms with E-state index < -0.39 is 0 Å². The van der Waals surface area contributed by atoms with Crippen molar-refractivity contribution in [3.8, 4) is 0 Å². The highest BCUT2D eigenvalue weighted by Gasteiger charge is 2.17. The Hall–Kier alpha value is -1.61. The third-order valence-corrected chi connectivity index (χ3v) is 4.27. The molecule has 0 fully saturated rings. The van der Waals surface area contributed by atoms with Crippen LogP contribution >= 0.6 is 0 Å². The minimum atomic E-state index is 0.0836. The molecule has 0 aliphatic rings. The van der Waals surface area contributed by atoms with Gasteiger partial charge in [-0.2, -0.15) is 0 Å². The van der Waals surface area contributed by atoms with Gasteiger partial charge in [-0.15, -0.1) is 0 Å². The van der Waals surface area contributed by atoms with Gasteiger partial charge in [-0.25, -0.2) is 0 Å². The monoisotopic (exact) mass is 286 g/mol. The van der Waals surface area contributed by atoms with E-state index in [-0.39, 0.29) is 5.56 Å². The number of nitrogens with one attached hydrogen (secondary N) is 1. The van der Waals surface area contributed by atoms with E-state index in [4.69, 9.17) is 0 Å². The van der Waals surface area contributed by atoms with Crippen molar-refractivity contribution in [2.45, 2.75) is 46.2 Å². The van der Waals surface area contributed by atoms with Crippen LogP contribution in [0.3, 0.4) is 0 Å². The summed E-state index contributed by atoms with van der Waals surface area (Å²) in [5.74, 6) is 0.544. The lowest BCUT2D eigenvalue weighted by atomic mass is 9.98. The van der Waals surface area contributed by atoms with E-state index in [1.807, 2.05) is 28.8 Å². The zero-order valence-electron chi connectivity index (χ0n) is 13.3. The standard InChI is InChI=1S/C18H26N2O/c1-4-12-19-16(14(3)5-2)13-20-17-9-7-6-8-15(17)10-11-18(20)21/h6-11,14,16,19H,4-5,12-13H2,1-3H3. The quantitative estimate of drug-likeness (QED) is 0.846. The first kappa shape index (κ1) is 15.8. The molecule has 0 saturated heterocycles. The van der Waals surface area contributed by atoms with Gasteiger partial charge < -0.3 is 9.88 Å². The molecule has 0 spiro atoms. The molecular weight excluding hydrogens is 260 g/mol. The Balaban J connectivity index is 2.35. The van der Waals surface area contributed by atoms with Crippen LogP contribution in [-0.4, -0.2) is 17.2 Å². The summed E-state index contributed by atoms with van der Waals surface area (Å²) in [7, 11) is 0. The molecule has 0 bridgehead atoms. The maximum absolute atomic E-state index is 12.3. The van der Waals surface area contributed by atoms with Crippen molar-refractivity contribution in [3.63, 3.8) is 0 Å². The summed E-state index contributed by atoms with van der Waals surface area (Å²) in [4.78, 5) is 12.3. The first-order chi connectivity index (χ1) is 10.2. The minimum absolute atomic E-state index is 0.0836. The lowest BCUT2D eigenvalue weighted by molar-refractivity contribution is 0.330. The van der Waals surface area contributed by atoms with Gasteiger partial charge in [-0.1, -0.05) is 45.4 Å². The second-order valence-electron chi connectivity index (χ2n) is 5.79. The van der Waals surface area contributed by atoms with Crippen LogP contribution in [0.1, 0.15) is 33.6 Å². The molecule has 2 rings (SSSR count). The second kappa shape index (κ2) is 7.41. The average Bonchev–Trinajstić information content (AvgIpc) is 2.52. The summed E-state index contributed by atoms with van der Waals surface area (Å²) in [6.45, 7) is 8.36. The minimum Gasteiger partial charge on any atom is -0.312 e. The Kier molecular flexibility index (Phi) is 5.57. The number of hydrogen-bond donors (Lipinski definition) is 1. The maximum Gasteiger partial charge on any atom is 0.251 e. The normalized spacial score (nSPS) is 14.2. The zero-order valence-corrected chi connectivity index (χ0v) is 13.3. The molecule has 0 saturated carbocycles. The van der Waals surface area contributed by atoms with Crippen molar-refractivity contribution < 1.29 is 0 Å². The van der Waals surface area contributed by atoms with E-state index in [1.165, 1.54) is 0 Å². The van der Waals surface area contributed by atoms with Gasteiger partial charge in [0, 0.05) is 18.7 Å². The molecule has 3 heteroatoms. The molecule has 1 aromatic heterocycles. The lowest BCUT2D eigenvalue weighted by Crippen LogP contribution is -2.41. The molecule has 1 aromatic carbocycles. The molecule has 2 unspecified atom stereocenters. The number of nitrogens with zero attached hydrogens (tertiary/aromatic N) is 1. The Morgan fingerprint density at radius 2 is 1.90 bits per heavy atom. The summed E-state index contributed by atoms with van der Waals surface area (Å²) < 4.78 is 1.91. The molecular formula is C18H26N2O. The van der Waals surface area contributed by atoms with E-state index in [1.54, 1.807) is 6.07 Å². The largest absolute Gasteiger partial charge is 0.312 e. The number of rotatable bonds is 7. The lowest BCUT2D eigenvalue weighted by Gasteiger charge is -2.26. The molecule has 21 heavy (non-hydrogen) atoms. The van der Waals surface area contributed by atoms with Gasteiger partial charge in [0.15, 0.2) is 0 Å². The van der Waals surface area contributed by atoms with Gasteiger partial charge in [-0.3, -0.25) is 4.79 Å². The van der Waals surface area contributed by atoms with Crippen molar-refractivity contribution >= 4 is 10.9 Å². The number of para-hydroxylation sites is 1. The predicted molar refractivity (Wildman–Crippen MR) is 89.7 cm³/mol. The first-order valence-corrected chi connectivity index (χ1v) is 7.99. The highest BCUT2D eigenvalue weighted by molar-refractivity contribution is 5.78. The average molecular weight is 286 g/mol. The predicted octanol–water partition coefficient (Wildman–Crippen LogP) is 3.42. The van der Waals surface area contributed by atoms with Crippen LogP contribution in [-0.2, 0) is 6.54 Å². The van der Waals surface area contributed by atoms with Crippen LogP contribution in [0.25, 0.3) is 10.9 Å². The van der Waals surface area contributed by atoms with Crippen LogP contribution in [0, 0.1) is 5.92 Å². The number of fused-ring (bicyclic) bond motifs is 1. The summed E-state index contributed by atoms with van der Waals surface area (Å²) in [5.41, 5.74) is 1.11. The van der Waals surface area contributed by atoms with E-state index >= 15 is 0 Å². The number of benzene rings is 1. The molecule has 0 aliphatic carbocycles. The van der Waals surface area contributed by atoms with Gasteiger partial charge in [0.2, 0.25) is 0 Å². The fourth-order valence-corrected chi connectivity index (χ4v) is 2.69. The van der Waals surface area contributed by atoms with Crippen molar-refractivity contribution in [3.05, 3.63) is 46.8 Å². The Bertz CT molecular complexity index is 632. The van der Waals surface area contributed by atoms with Crippen LogP contribution in [0.5, 0.6) is 0 Å². The molecule has 1 N–H and O–H groups in total. The van der Waals surface area contributed by atoms with Gasteiger partial charge in [0.1, 0.15) is 0 Å². The Morgan fingerprint density at radius 1 is 1.14 bits per heavy atom. The molecule has 0 aliphatic heterocycles. The molecule has 2 atom stereocenters. The summed E-state index contributed by atoms with van der Waals surface area (Å²) in [6, 6.07) is 12.0. The van der Waals surface area contributed by atoms with Crippen LogP contribution in [0.2, 0.25) is 0 Å². The summed E-state index contributed by atoms with van der Waals surface area (Å²) >= 11 is 0. The highest BCUT2D eigenvalue weighted by Crippen LogP contribution is 2.15. The zero-order chi connectivity index (χ0) is 15.2. The number of aromatic nitrogens is 1. The third-order valence-electron chi connectivity index (χ3n) is 4.27. The van der Waals surface area contributed by atoms with E-state index in [2.05, 4.69) is 32.2 Å². The van der Waals surface area contributed by atoms with Crippen molar-refractivity contribution in [2.75, 3.05) is 6.54 Å². The first-order valence-electron chi connectivity index (χ1n) is 7.99. The fourth-order valence-electron chi connectivity index (χ4n) is 2.69. The third kappa shape index (κ3) is 3.73. The summed E-state index contributed by atoms with van der Waals surface area (Å²) in [5, 5.41) is 4.72. The molecule has 1 heterocycles. The summed E-state index contributed by atoms with van der Waals surface area (Å²) in [6.07, 6.45) is 2.22. The van der Waals surface area contributed by atoms with Crippen LogP contribution < -0.4 is 10.9 Å². The Labute approximate surface area is 127 Å². The Morgan fingerprint density at radius 3 is 2.62 bits per heavy atom. The molecule has 0 radical (unpaired) electrons. The van der Waals surface area contributed by atoms with Crippen LogP contribution in [0.4, 0.5) is 0 Å². The van der Waals surface area contributed by atoms with Gasteiger partial charge in [0.05, 0.1) is 5.52 Å². The van der Waals surface area contributed by atoms with Gasteiger partial charge in [0.25, 0.3) is 5.56 Å². The SMILES string of the molecule is CCCNC(Cn1c(=O)ccc2ccccc21)C(C)CC. The van der Waals surface area contributed by atoms with E-state index in [9.17, 15) is 4.79 Å². The van der Waals surface area contributed by atoms with Gasteiger partial charge in [-0.05, 0) is 36.4 Å². The molecule has 114 valence electrons. The van der Waals surface area contributed by atoms with Gasteiger partial charge >= 0.3 is 0 Å². The topological polar surface area (TPSA) is 34.0 Å². The second-order valence-corrected chi connectivity index (χ2v) is 5.79. The molecule has 3 nitrogen and oxygen atoms in total. The fraction of sp³-hybridized carbons (Fsp3) is 0.500. The van der Waals surface area contributed by atoms with Crippen molar-refractivity contribution in [2.24, 2.45) is 5.92 Å². The number of pyridine rings is 1. The van der Waals surface area contributed by atoms with Crippen LogP contribution in [0.15, 0.2) is 41.2 Å². The maximum atomic E-state index is 12.3. The van der Waals surface area contributed by atoms with E-state index in [0.717, 1.165) is 36.8 Å². The van der Waals surface area contributed by atoms with E-state index in [0.29, 0.717) is 12.0 Å².